The molecule has 1 aliphatic rings. The first-order valence-electron chi connectivity index (χ1n) is 6.66. The topological polar surface area (TPSA) is 57.6 Å². The Hall–Kier alpha value is -1.07. The maximum absolute atomic E-state index is 11.4. The molecule has 1 saturated heterocycles. The standard InChI is InChI=1S/C14H21NO3S/c1-19(17,18)14-6-4-13(5-7-14)15-9-2-3-12(11-15)8-10-16/h4-7,12,16H,2-3,8-11H2,1H3. The van der Waals surface area contributed by atoms with Crippen LogP contribution < -0.4 is 4.90 Å². The van der Waals surface area contributed by atoms with Crippen LogP contribution in [0, 0.1) is 5.92 Å². The molecule has 0 bridgehead atoms. The van der Waals surface area contributed by atoms with Crippen LogP contribution in [0.25, 0.3) is 0 Å². The summed E-state index contributed by atoms with van der Waals surface area (Å²) < 4.78 is 22.8. The van der Waals surface area contributed by atoms with E-state index in [0.717, 1.165) is 31.6 Å². The van der Waals surface area contributed by atoms with Crippen molar-refractivity contribution in [1.29, 1.82) is 0 Å². The van der Waals surface area contributed by atoms with Gasteiger partial charge in [0.15, 0.2) is 9.84 Å². The summed E-state index contributed by atoms with van der Waals surface area (Å²) in [6, 6.07) is 7.08. The molecule has 0 aliphatic carbocycles. The van der Waals surface area contributed by atoms with Crippen molar-refractivity contribution < 1.29 is 13.5 Å². The van der Waals surface area contributed by atoms with Crippen LogP contribution in [0.15, 0.2) is 29.2 Å². The summed E-state index contributed by atoms with van der Waals surface area (Å²) in [4.78, 5) is 2.63. The van der Waals surface area contributed by atoms with Gasteiger partial charge < -0.3 is 10.0 Å². The highest BCUT2D eigenvalue weighted by atomic mass is 32.2. The van der Waals surface area contributed by atoms with Crippen molar-refractivity contribution in [2.24, 2.45) is 5.92 Å². The number of nitrogens with zero attached hydrogens (tertiary/aromatic N) is 1. The first-order chi connectivity index (χ1) is 9.00. The van der Waals surface area contributed by atoms with Gasteiger partial charge in [0.2, 0.25) is 0 Å². The maximum Gasteiger partial charge on any atom is 0.175 e. The number of rotatable bonds is 4. The molecular weight excluding hydrogens is 262 g/mol. The van der Waals surface area contributed by atoms with E-state index in [2.05, 4.69) is 4.90 Å². The predicted octanol–water partition coefficient (Wildman–Crippen LogP) is 1.69. The Balaban J connectivity index is 2.09. The molecule has 4 nitrogen and oxygen atoms in total. The highest BCUT2D eigenvalue weighted by molar-refractivity contribution is 7.90. The molecule has 0 amide bonds. The van der Waals surface area contributed by atoms with Gasteiger partial charge in [-0.25, -0.2) is 8.42 Å². The second-order valence-electron chi connectivity index (χ2n) is 5.23. The van der Waals surface area contributed by atoms with Crippen molar-refractivity contribution in [2.45, 2.75) is 24.2 Å². The quantitative estimate of drug-likeness (QED) is 0.913. The summed E-state index contributed by atoms with van der Waals surface area (Å²) >= 11 is 0. The van der Waals surface area contributed by atoms with E-state index in [-0.39, 0.29) is 6.61 Å². The summed E-state index contributed by atoms with van der Waals surface area (Å²) in [6.45, 7) is 2.18. The molecular formula is C14H21NO3S. The fraction of sp³-hybridized carbons (Fsp3) is 0.571. The van der Waals surface area contributed by atoms with Gasteiger partial charge in [-0.05, 0) is 49.4 Å². The van der Waals surface area contributed by atoms with E-state index in [1.165, 1.54) is 12.7 Å². The third-order valence-electron chi connectivity index (χ3n) is 3.69. The largest absolute Gasteiger partial charge is 0.396 e. The van der Waals surface area contributed by atoms with Crippen molar-refractivity contribution in [3.63, 3.8) is 0 Å². The summed E-state index contributed by atoms with van der Waals surface area (Å²) in [5, 5.41) is 9.02. The molecule has 1 aliphatic heterocycles. The molecule has 5 heteroatoms. The Kier molecular flexibility index (Phi) is 4.47. The van der Waals surface area contributed by atoms with Crippen LogP contribution in [0.1, 0.15) is 19.3 Å². The summed E-state index contributed by atoms with van der Waals surface area (Å²) in [7, 11) is -3.12. The second-order valence-corrected chi connectivity index (χ2v) is 7.25. The lowest BCUT2D eigenvalue weighted by atomic mass is 9.95. The number of aliphatic hydroxyl groups excluding tert-OH is 1. The summed E-state index contributed by atoms with van der Waals surface area (Å²) in [5.41, 5.74) is 1.06. The Morgan fingerprint density at radius 2 is 2.00 bits per heavy atom. The Labute approximate surface area is 115 Å². The monoisotopic (exact) mass is 283 g/mol. The Bertz CT molecular complexity index is 508. The van der Waals surface area contributed by atoms with Crippen molar-refractivity contribution >= 4 is 15.5 Å². The number of sulfone groups is 1. The van der Waals surface area contributed by atoms with E-state index in [1.807, 2.05) is 12.1 Å². The van der Waals surface area contributed by atoms with Crippen LogP contribution in [0.3, 0.4) is 0 Å². The second kappa shape index (κ2) is 5.92. The van der Waals surface area contributed by atoms with Crippen LogP contribution in [-0.2, 0) is 9.84 Å². The van der Waals surface area contributed by atoms with Gasteiger partial charge in [0.25, 0.3) is 0 Å². The lowest BCUT2D eigenvalue weighted by Gasteiger charge is -2.34. The van der Waals surface area contributed by atoms with Gasteiger partial charge in [0.05, 0.1) is 4.90 Å². The minimum Gasteiger partial charge on any atom is -0.396 e. The zero-order chi connectivity index (χ0) is 13.9. The van der Waals surface area contributed by atoms with Gasteiger partial charge in [-0.3, -0.25) is 0 Å². The number of anilines is 1. The molecule has 1 heterocycles. The molecule has 1 aromatic rings. The first kappa shape index (κ1) is 14.3. The summed E-state index contributed by atoms with van der Waals surface area (Å²) in [5.74, 6) is 0.535. The third kappa shape index (κ3) is 3.70. The highest BCUT2D eigenvalue weighted by Crippen LogP contribution is 2.25. The molecule has 1 fully saturated rings. The van der Waals surface area contributed by atoms with E-state index >= 15 is 0 Å². The van der Waals surface area contributed by atoms with E-state index in [0.29, 0.717) is 10.8 Å². The zero-order valence-electron chi connectivity index (χ0n) is 11.2. The fourth-order valence-electron chi connectivity index (χ4n) is 2.62. The van der Waals surface area contributed by atoms with Gasteiger partial charge >= 0.3 is 0 Å². The number of hydrogen-bond acceptors (Lipinski definition) is 4. The first-order valence-corrected chi connectivity index (χ1v) is 8.56. The maximum atomic E-state index is 11.4. The zero-order valence-corrected chi connectivity index (χ0v) is 12.1. The minimum absolute atomic E-state index is 0.242. The minimum atomic E-state index is -3.12. The molecule has 0 spiro atoms. The van der Waals surface area contributed by atoms with Crippen LogP contribution in [0.2, 0.25) is 0 Å². The van der Waals surface area contributed by atoms with Crippen molar-refractivity contribution in [3.05, 3.63) is 24.3 Å². The number of hydrogen-bond donors (Lipinski definition) is 1. The van der Waals surface area contributed by atoms with E-state index in [1.54, 1.807) is 12.1 Å². The van der Waals surface area contributed by atoms with Gasteiger partial charge in [0, 0.05) is 31.6 Å². The molecule has 1 aromatic carbocycles. The van der Waals surface area contributed by atoms with Gasteiger partial charge in [-0.2, -0.15) is 0 Å². The number of piperidine rings is 1. The summed E-state index contributed by atoms with van der Waals surface area (Å²) in [6.07, 6.45) is 4.36. The van der Waals surface area contributed by atoms with Crippen LogP contribution in [0.5, 0.6) is 0 Å². The molecule has 0 radical (unpaired) electrons. The SMILES string of the molecule is CS(=O)(=O)c1ccc(N2CCCC(CCO)C2)cc1. The molecule has 2 rings (SSSR count). The lowest BCUT2D eigenvalue weighted by Crippen LogP contribution is -2.35. The molecule has 1 atom stereocenters. The predicted molar refractivity (Wildman–Crippen MR) is 76.2 cm³/mol. The van der Waals surface area contributed by atoms with E-state index < -0.39 is 9.84 Å². The number of aliphatic hydroxyl groups is 1. The van der Waals surface area contributed by atoms with Crippen molar-refractivity contribution in [2.75, 3.05) is 30.9 Å². The van der Waals surface area contributed by atoms with Crippen molar-refractivity contribution in [3.8, 4) is 0 Å². The van der Waals surface area contributed by atoms with E-state index in [9.17, 15) is 8.42 Å². The van der Waals surface area contributed by atoms with Crippen LogP contribution >= 0.6 is 0 Å². The molecule has 19 heavy (non-hydrogen) atoms. The molecule has 0 aromatic heterocycles. The average Bonchev–Trinajstić information content (AvgIpc) is 2.39. The van der Waals surface area contributed by atoms with Crippen molar-refractivity contribution in [1.82, 2.24) is 0 Å². The highest BCUT2D eigenvalue weighted by Gasteiger charge is 2.20. The van der Waals surface area contributed by atoms with Gasteiger partial charge in [-0.1, -0.05) is 0 Å². The van der Waals surface area contributed by atoms with Gasteiger partial charge in [-0.15, -0.1) is 0 Å². The molecule has 106 valence electrons. The smallest absolute Gasteiger partial charge is 0.175 e. The Morgan fingerprint density at radius 3 is 2.58 bits per heavy atom. The Morgan fingerprint density at radius 1 is 1.32 bits per heavy atom. The average molecular weight is 283 g/mol. The van der Waals surface area contributed by atoms with Crippen LogP contribution in [-0.4, -0.2) is 39.5 Å². The molecule has 0 saturated carbocycles. The molecule has 1 unspecified atom stereocenters. The molecule has 1 N–H and O–H groups in total. The van der Waals surface area contributed by atoms with Crippen LogP contribution in [0.4, 0.5) is 5.69 Å². The normalized spacial score (nSPS) is 20.5. The number of benzene rings is 1. The third-order valence-corrected chi connectivity index (χ3v) is 4.81. The fourth-order valence-corrected chi connectivity index (χ4v) is 3.25. The lowest BCUT2D eigenvalue weighted by molar-refractivity contribution is 0.244. The van der Waals surface area contributed by atoms with Gasteiger partial charge in [0.1, 0.15) is 0 Å². The van der Waals surface area contributed by atoms with E-state index in [4.69, 9.17) is 5.11 Å².